The molecule has 0 aromatic rings. The molecule has 0 saturated carbocycles. The minimum absolute atomic E-state index is 0.661. The molecule has 0 saturated heterocycles. The Balaban J connectivity index is 3.21. The summed E-state index contributed by atoms with van der Waals surface area (Å²) in [4.78, 5) is 0. The Morgan fingerprint density at radius 2 is 1.77 bits per heavy atom. The van der Waals surface area contributed by atoms with E-state index in [0.29, 0.717) is 5.92 Å². The third-order valence-electron chi connectivity index (χ3n) is 2.41. The smallest absolute Gasteiger partial charge is 0.0996 e. The van der Waals surface area contributed by atoms with Crippen LogP contribution < -0.4 is 0 Å². The van der Waals surface area contributed by atoms with E-state index in [2.05, 4.69) is 41.6 Å². The molecule has 0 fully saturated rings. The number of hydrogen-bond acceptors (Lipinski definition) is 0. The van der Waals surface area contributed by atoms with E-state index >= 15 is 0 Å². The van der Waals surface area contributed by atoms with Gasteiger partial charge in [0.05, 0.1) is 0 Å². The molecule has 0 nitrogen and oxygen atoms in total. The first-order valence-electron chi connectivity index (χ1n) is 5.55. The first-order valence-corrected chi connectivity index (χ1v) is 5.55. The number of unbranched alkanes of at least 4 members (excludes halogenated alkanes) is 1. The number of hydrogen-bond donors (Lipinski definition) is 0. The van der Waals surface area contributed by atoms with Gasteiger partial charge in [-0.2, -0.15) is 0 Å². The highest BCUT2D eigenvalue weighted by molar-refractivity contribution is 6.37. The van der Waals surface area contributed by atoms with Crippen molar-refractivity contribution in [3.8, 4) is 0 Å². The van der Waals surface area contributed by atoms with Gasteiger partial charge in [-0.25, -0.2) is 0 Å². The van der Waals surface area contributed by atoms with Crippen LogP contribution in [0.5, 0.6) is 0 Å². The second-order valence-electron chi connectivity index (χ2n) is 4.54. The van der Waals surface area contributed by atoms with Gasteiger partial charge in [0, 0.05) is 0 Å². The molecular weight excluding hydrogens is 155 g/mol. The molecule has 0 aromatic heterocycles. The molecule has 75 valence electrons. The van der Waals surface area contributed by atoms with Crippen molar-refractivity contribution < 1.29 is 0 Å². The highest BCUT2D eigenvalue weighted by Gasteiger charge is 2.00. The third kappa shape index (κ3) is 8.14. The number of allylic oxidation sites excluding steroid dienone is 1. The molecular formula is C12H24B. The maximum atomic E-state index is 4.08. The number of rotatable bonds is 7. The lowest BCUT2D eigenvalue weighted by Gasteiger charge is -2.08. The van der Waals surface area contributed by atoms with Crippen molar-refractivity contribution in [2.24, 2.45) is 5.92 Å². The Hall–Kier alpha value is -0.195. The van der Waals surface area contributed by atoms with Crippen LogP contribution >= 0.6 is 0 Å². The van der Waals surface area contributed by atoms with Crippen LogP contribution in [0.15, 0.2) is 12.2 Å². The largest absolute Gasteiger partial charge is 0.112 e. The van der Waals surface area contributed by atoms with Crippen molar-refractivity contribution in [2.45, 2.75) is 59.1 Å². The summed E-state index contributed by atoms with van der Waals surface area (Å²) in [6, 6.07) is 0. The lowest BCUT2D eigenvalue weighted by Crippen LogP contribution is -1.96. The van der Waals surface area contributed by atoms with E-state index in [4.69, 9.17) is 0 Å². The van der Waals surface area contributed by atoms with Gasteiger partial charge in [-0.3, -0.25) is 0 Å². The first kappa shape index (κ1) is 12.8. The van der Waals surface area contributed by atoms with Crippen LogP contribution in [0.1, 0.15) is 47.0 Å². The van der Waals surface area contributed by atoms with Crippen LogP contribution in [-0.2, 0) is 0 Å². The van der Waals surface area contributed by atoms with Gasteiger partial charge in [-0.05, 0) is 12.3 Å². The minimum Gasteiger partial charge on any atom is -0.0996 e. The van der Waals surface area contributed by atoms with Gasteiger partial charge in [0.15, 0.2) is 0 Å². The van der Waals surface area contributed by atoms with Crippen LogP contribution in [0, 0.1) is 5.92 Å². The molecule has 0 atom stereocenters. The van der Waals surface area contributed by atoms with Crippen LogP contribution in [0.3, 0.4) is 0 Å². The molecule has 0 rings (SSSR count). The second-order valence-corrected chi connectivity index (χ2v) is 4.54. The molecule has 0 aliphatic rings. The molecule has 0 aliphatic carbocycles. The van der Waals surface area contributed by atoms with Gasteiger partial charge in [0.2, 0.25) is 0 Å². The van der Waals surface area contributed by atoms with Crippen molar-refractivity contribution >= 4 is 7.28 Å². The fraction of sp³-hybridized carbons (Fsp3) is 0.833. The summed E-state index contributed by atoms with van der Waals surface area (Å²) in [7, 11) is 2.40. The van der Waals surface area contributed by atoms with E-state index in [9.17, 15) is 0 Å². The van der Waals surface area contributed by atoms with Crippen molar-refractivity contribution in [3.63, 3.8) is 0 Å². The van der Waals surface area contributed by atoms with Gasteiger partial charge in [-0.1, -0.05) is 64.8 Å². The predicted molar refractivity (Wildman–Crippen MR) is 63.5 cm³/mol. The highest BCUT2D eigenvalue weighted by Crippen LogP contribution is 2.15. The zero-order valence-electron chi connectivity index (χ0n) is 9.77. The van der Waals surface area contributed by atoms with Gasteiger partial charge >= 0.3 is 0 Å². The van der Waals surface area contributed by atoms with Gasteiger partial charge < -0.3 is 0 Å². The second kappa shape index (κ2) is 7.23. The fourth-order valence-electron chi connectivity index (χ4n) is 1.24. The van der Waals surface area contributed by atoms with Crippen molar-refractivity contribution in [1.82, 2.24) is 0 Å². The molecule has 0 aromatic carbocycles. The summed E-state index contributed by atoms with van der Waals surface area (Å²) in [5.74, 6) is 1.40. The molecule has 1 radical (unpaired) electrons. The Morgan fingerprint density at radius 3 is 2.23 bits per heavy atom. The van der Waals surface area contributed by atoms with E-state index in [1.807, 2.05) is 0 Å². The van der Waals surface area contributed by atoms with E-state index < -0.39 is 0 Å². The fourth-order valence-corrected chi connectivity index (χ4v) is 1.24. The summed E-state index contributed by atoms with van der Waals surface area (Å²) in [5, 5.41) is 0. The third-order valence-corrected chi connectivity index (χ3v) is 2.41. The monoisotopic (exact) mass is 179 g/mol. The van der Waals surface area contributed by atoms with Crippen molar-refractivity contribution in [3.05, 3.63) is 12.2 Å². The average Bonchev–Trinajstić information content (AvgIpc) is 2.02. The minimum atomic E-state index is 0.661. The summed E-state index contributed by atoms with van der Waals surface area (Å²) in [6.45, 7) is 13.0. The Kier molecular flexibility index (Phi) is 7.12. The molecule has 0 N–H and O–H groups in total. The van der Waals surface area contributed by atoms with Crippen molar-refractivity contribution in [2.75, 3.05) is 0 Å². The first-order chi connectivity index (χ1) is 6.04. The van der Waals surface area contributed by atoms with E-state index in [-0.39, 0.29) is 0 Å². The maximum absolute atomic E-state index is 4.08. The van der Waals surface area contributed by atoms with Crippen molar-refractivity contribution in [1.29, 1.82) is 0 Å². The molecule has 0 aliphatic heterocycles. The van der Waals surface area contributed by atoms with Crippen LogP contribution in [0.4, 0.5) is 0 Å². The predicted octanol–water partition coefficient (Wildman–Crippen LogP) is 4.32. The zero-order valence-corrected chi connectivity index (χ0v) is 9.77. The van der Waals surface area contributed by atoms with Gasteiger partial charge in [0.25, 0.3) is 0 Å². The SMILES string of the molecule is C=C(CCCC[B]C(C)C)C(C)C. The lowest BCUT2D eigenvalue weighted by molar-refractivity contribution is 0.676. The van der Waals surface area contributed by atoms with Crippen LogP contribution in [-0.4, -0.2) is 7.28 Å². The average molecular weight is 179 g/mol. The molecule has 13 heavy (non-hydrogen) atoms. The lowest BCUT2D eigenvalue weighted by atomic mass is 9.62. The molecule has 0 heterocycles. The molecule has 0 amide bonds. The zero-order chi connectivity index (χ0) is 10.3. The van der Waals surface area contributed by atoms with E-state index in [1.165, 1.54) is 31.2 Å². The van der Waals surface area contributed by atoms with Crippen LogP contribution in [0.25, 0.3) is 0 Å². The van der Waals surface area contributed by atoms with E-state index in [0.717, 1.165) is 5.82 Å². The summed E-state index contributed by atoms with van der Waals surface area (Å²) in [5.41, 5.74) is 1.41. The Labute approximate surface area is 85.1 Å². The molecule has 0 unspecified atom stereocenters. The summed E-state index contributed by atoms with van der Waals surface area (Å²) >= 11 is 0. The quantitative estimate of drug-likeness (QED) is 0.310. The van der Waals surface area contributed by atoms with Gasteiger partial charge in [-0.15, -0.1) is 0 Å². The molecule has 0 spiro atoms. The topological polar surface area (TPSA) is 0 Å². The highest BCUT2D eigenvalue weighted by atomic mass is 14.0. The Bertz CT molecular complexity index is 136. The van der Waals surface area contributed by atoms with E-state index in [1.54, 1.807) is 0 Å². The summed E-state index contributed by atoms with van der Waals surface area (Å²) < 4.78 is 0. The van der Waals surface area contributed by atoms with Crippen LogP contribution in [0.2, 0.25) is 12.1 Å². The summed E-state index contributed by atoms with van der Waals surface area (Å²) in [6.07, 6.45) is 5.11. The Morgan fingerprint density at radius 1 is 1.15 bits per heavy atom. The molecule has 1 heteroatoms. The normalized spacial score (nSPS) is 10.9. The maximum Gasteiger partial charge on any atom is 0.112 e. The molecule has 0 bridgehead atoms. The van der Waals surface area contributed by atoms with Gasteiger partial charge in [0.1, 0.15) is 7.28 Å². The standard InChI is InChI=1S/C12H24B/c1-10(2)12(5)8-6-7-9-13-11(3)4/h10-11H,5-9H2,1-4H3.